The summed E-state index contributed by atoms with van der Waals surface area (Å²) in [6, 6.07) is 6.02. The third-order valence-corrected chi connectivity index (χ3v) is 2.69. The summed E-state index contributed by atoms with van der Waals surface area (Å²) < 4.78 is 26.7. The molecule has 0 bridgehead atoms. The van der Waals surface area contributed by atoms with Crippen molar-refractivity contribution in [3.63, 3.8) is 0 Å². The van der Waals surface area contributed by atoms with E-state index >= 15 is 0 Å². The highest BCUT2D eigenvalue weighted by Crippen LogP contribution is 2.23. The molecule has 0 amide bonds. The van der Waals surface area contributed by atoms with Crippen molar-refractivity contribution < 1.29 is 8.78 Å². The number of aromatic nitrogens is 1. The summed E-state index contributed by atoms with van der Waals surface area (Å²) in [6.45, 7) is 0. The van der Waals surface area contributed by atoms with Crippen molar-refractivity contribution in [2.45, 2.75) is 6.04 Å². The zero-order valence-electron chi connectivity index (χ0n) is 8.70. The summed E-state index contributed by atoms with van der Waals surface area (Å²) in [5, 5.41) is 0.00226. The smallest absolute Gasteiger partial charge is 0.146 e. The Balaban J connectivity index is 2.40. The van der Waals surface area contributed by atoms with Gasteiger partial charge in [-0.15, -0.1) is 0 Å². The Kier molecular flexibility index (Phi) is 3.36. The molecule has 2 nitrogen and oxygen atoms in total. The van der Waals surface area contributed by atoms with Gasteiger partial charge in [0.2, 0.25) is 0 Å². The lowest BCUT2D eigenvalue weighted by molar-refractivity contribution is 0.583. The van der Waals surface area contributed by atoms with Crippen LogP contribution in [0, 0.1) is 11.6 Å². The molecule has 5 heteroatoms. The Bertz CT molecular complexity index is 546. The van der Waals surface area contributed by atoms with E-state index in [0.29, 0.717) is 5.56 Å². The predicted molar refractivity (Wildman–Crippen MR) is 61.6 cm³/mol. The summed E-state index contributed by atoms with van der Waals surface area (Å²) in [6.07, 6.45) is 1.44. The fourth-order valence-electron chi connectivity index (χ4n) is 1.49. The van der Waals surface area contributed by atoms with Crippen LogP contribution >= 0.6 is 11.6 Å². The van der Waals surface area contributed by atoms with E-state index in [9.17, 15) is 8.78 Å². The van der Waals surface area contributed by atoms with Gasteiger partial charge in [0, 0.05) is 6.20 Å². The first-order valence-electron chi connectivity index (χ1n) is 4.90. The van der Waals surface area contributed by atoms with Crippen molar-refractivity contribution in [1.82, 2.24) is 4.98 Å². The molecule has 0 saturated carbocycles. The lowest BCUT2D eigenvalue weighted by Crippen LogP contribution is -2.15. The number of pyridine rings is 1. The first kappa shape index (κ1) is 12.0. The second kappa shape index (κ2) is 4.77. The van der Waals surface area contributed by atoms with Gasteiger partial charge in [-0.3, -0.25) is 4.98 Å². The van der Waals surface area contributed by atoms with Crippen molar-refractivity contribution >= 4 is 11.6 Å². The van der Waals surface area contributed by atoms with E-state index in [-0.39, 0.29) is 10.7 Å². The summed E-state index contributed by atoms with van der Waals surface area (Å²) >= 11 is 5.56. The highest BCUT2D eigenvalue weighted by atomic mass is 35.5. The van der Waals surface area contributed by atoms with Crippen molar-refractivity contribution in [2.75, 3.05) is 0 Å². The first-order chi connectivity index (χ1) is 8.09. The SMILES string of the molecule is NC(c1ccc(Cl)c(F)c1)c1ncccc1F. The quantitative estimate of drug-likeness (QED) is 0.895. The fraction of sp³-hybridized carbons (Fsp3) is 0.0833. The minimum atomic E-state index is -0.817. The maximum Gasteiger partial charge on any atom is 0.146 e. The molecule has 0 aliphatic heterocycles. The standard InChI is InChI=1S/C12H9ClF2N2/c13-8-4-3-7(6-10(8)15)11(16)12-9(14)2-1-5-17-12/h1-6,11H,16H2. The number of hydrogen-bond donors (Lipinski definition) is 1. The molecule has 1 atom stereocenters. The van der Waals surface area contributed by atoms with Gasteiger partial charge in [0.05, 0.1) is 16.8 Å². The predicted octanol–water partition coefficient (Wildman–Crippen LogP) is 3.06. The van der Waals surface area contributed by atoms with Crippen LogP contribution in [0.3, 0.4) is 0 Å². The Morgan fingerprint density at radius 2 is 1.94 bits per heavy atom. The molecule has 88 valence electrons. The van der Waals surface area contributed by atoms with Gasteiger partial charge in [-0.05, 0) is 29.8 Å². The maximum absolute atomic E-state index is 13.4. The molecule has 1 heterocycles. The number of nitrogens with zero attached hydrogens (tertiary/aromatic N) is 1. The molecule has 0 fully saturated rings. The lowest BCUT2D eigenvalue weighted by Gasteiger charge is -2.12. The van der Waals surface area contributed by atoms with Gasteiger partial charge in [-0.2, -0.15) is 0 Å². The average molecular weight is 255 g/mol. The molecule has 0 aliphatic carbocycles. The van der Waals surface area contributed by atoms with E-state index in [2.05, 4.69) is 4.98 Å². The third kappa shape index (κ3) is 2.43. The number of hydrogen-bond acceptors (Lipinski definition) is 2. The second-order valence-corrected chi connectivity index (χ2v) is 3.93. The molecule has 17 heavy (non-hydrogen) atoms. The summed E-state index contributed by atoms with van der Waals surface area (Å²) in [7, 11) is 0. The third-order valence-electron chi connectivity index (χ3n) is 2.38. The topological polar surface area (TPSA) is 38.9 Å². The van der Waals surface area contributed by atoms with Crippen LogP contribution in [0.4, 0.5) is 8.78 Å². The molecule has 2 N–H and O–H groups in total. The summed E-state index contributed by atoms with van der Waals surface area (Å²) in [5.41, 5.74) is 6.32. The Morgan fingerprint density at radius 1 is 1.18 bits per heavy atom. The molecule has 0 radical (unpaired) electrons. The molecular weight excluding hydrogens is 246 g/mol. The Labute approximate surface area is 102 Å². The molecule has 0 aliphatic rings. The van der Waals surface area contributed by atoms with Crippen LogP contribution in [0.5, 0.6) is 0 Å². The van der Waals surface area contributed by atoms with E-state index in [0.717, 1.165) is 0 Å². The number of halogens is 3. The molecule has 1 aromatic carbocycles. The number of nitrogens with two attached hydrogens (primary N) is 1. The first-order valence-corrected chi connectivity index (χ1v) is 5.28. The Hall–Kier alpha value is -1.52. The molecular formula is C12H9ClF2N2. The van der Waals surface area contributed by atoms with Crippen molar-refractivity contribution in [3.05, 3.63) is 64.4 Å². The van der Waals surface area contributed by atoms with Crippen LogP contribution in [0.2, 0.25) is 5.02 Å². The van der Waals surface area contributed by atoms with Crippen molar-refractivity contribution in [2.24, 2.45) is 5.73 Å². The van der Waals surface area contributed by atoms with Crippen LogP contribution < -0.4 is 5.73 Å². The van der Waals surface area contributed by atoms with Gasteiger partial charge in [0.15, 0.2) is 0 Å². The maximum atomic E-state index is 13.4. The largest absolute Gasteiger partial charge is 0.319 e. The van der Waals surface area contributed by atoms with Crippen LogP contribution in [0.25, 0.3) is 0 Å². The second-order valence-electron chi connectivity index (χ2n) is 3.52. The fourth-order valence-corrected chi connectivity index (χ4v) is 1.61. The summed E-state index contributed by atoms with van der Waals surface area (Å²) in [4.78, 5) is 3.85. The van der Waals surface area contributed by atoms with Crippen LogP contribution in [-0.4, -0.2) is 4.98 Å². The average Bonchev–Trinajstić information content (AvgIpc) is 2.32. The van der Waals surface area contributed by atoms with E-state index in [1.165, 1.54) is 30.5 Å². The van der Waals surface area contributed by atoms with E-state index in [4.69, 9.17) is 17.3 Å². The van der Waals surface area contributed by atoms with Gasteiger partial charge < -0.3 is 5.73 Å². The highest BCUT2D eigenvalue weighted by Gasteiger charge is 2.15. The van der Waals surface area contributed by atoms with Gasteiger partial charge in [-0.1, -0.05) is 17.7 Å². The van der Waals surface area contributed by atoms with Gasteiger partial charge in [0.1, 0.15) is 11.6 Å². The zero-order valence-corrected chi connectivity index (χ0v) is 9.46. The number of rotatable bonds is 2. The molecule has 0 spiro atoms. The normalized spacial score (nSPS) is 12.5. The van der Waals surface area contributed by atoms with Crippen molar-refractivity contribution in [1.29, 1.82) is 0 Å². The van der Waals surface area contributed by atoms with Crippen LogP contribution in [-0.2, 0) is 0 Å². The minimum Gasteiger partial charge on any atom is -0.319 e. The van der Waals surface area contributed by atoms with Gasteiger partial charge in [0.25, 0.3) is 0 Å². The summed E-state index contributed by atoms with van der Waals surface area (Å²) in [5.74, 6) is -1.11. The van der Waals surface area contributed by atoms with Crippen LogP contribution in [0.15, 0.2) is 36.5 Å². The van der Waals surface area contributed by atoms with Crippen LogP contribution in [0.1, 0.15) is 17.3 Å². The van der Waals surface area contributed by atoms with Gasteiger partial charge in [-0.25, -0.2) is 8.78 Å². The molecule has 1 aromatic heterocycles. The zero-order chi connectivity index (χ0) is 12.4. The van der Waals surface area contributed by atoms with E-state index in [1.54, 1.807) is 6.07 Å². The van der Waals surface area contributed by atoms with Crippen molar-refractivity contribution in [3.8, 4) is 0 Å². The van der Waals surface area contributed by atoms with E-state index in [1.807, 2.05) is 0 Å². The molecule has 0 saturated heterocycles. The van der Waals surface area contributed by atoms with Gasteiger partial charge >= 0.3 is 0 Å². The van der Waals surface area contributed by atoms with E-state index < -0.39 is 17.7 Å². The molecule has 2 aromatic rings. The minimum absolute atomic E-state index is 0.00226. The molecule has 1 unspecified atom stereocenters. The monoisotopic (exact) mass is 254 g/mol. The highest BCUT2D eigenvalue weighted by molar-refractivity contribution is 6.30. The lowest BCUT2D eigenvalue weighted by atomic mass is 10.0. The molecule has 2 rings (SSSR count). The Morgan fingerprint density at radius 3 is 2.59 bits per heavy atom. The number of benzene rings is 1.